The number of anilines is 6. The van der Waals surface area contributed by atoms with Crippen LogP contribution in [0, 0.1) is 0 Å². The second-order valence-electron chi connectivity index (χ2n) is 17.1. The van der Waals surface area contributed by atoms with Crippen LogP contribution >= 0.6 is 34.0 Å². The van der Waals surface area contributed by atoms with E-state index in [1.54, 1.807) is 22.7 Å². The number of hydrogen-bond acceptors (Lipinski definition) is 6. The number of rotatable bonds is 4. The van der Waals surface area contributed by atoms with Crippen molar-refractivity contribution >= 4 is 154 Å². The third kappa shape index (κ3) is 4.95. The van der Waals surface area contributed by atoms with E-state index in [0.717, 1.165) is 27.6 Å². The van der Waals surface area contributed by atoms with Crippen LogP contribution in [0.15, 0.2) is 203 Å². The molecule has 13 aromatic rings. The lowest BCUT2D eigenvalue weighted by molar-refractivity contribution is 0.669. The minimum Gasteiger partial charge on any atom is -0.456 e. The van der Waals surface area contributed by atoms with Gasteiger partial charge in [-0.2, -0.15) is 0 Å². The highest BCUT2D eigenvalue weighted by Gasteiger charge is 2.46. The largest absolute Gasteiger partial charge is 0.456 e. The molecule has 3 nitrogen and oxygen atoms in total. The van der Waals surface area contributed by atoms with Crippen LogP contribution in [-0.2, 0) is 0 Å². The smallest absolute Gasteiger partial charge is 0.252 e. The van der Waals surface area contributed by atoms with E-state index in [0.29, 0.717) is 0 Å². The molecule has 0 aliphatic carbocycles. The van der Waals surface area contributed by atoms with Crippen molar-refractivity contribution in [3.05, 3.63) is 199 Å². The first kappa shape index (κ1) is 36.0. The molecule has 0 fully saturated rings. The summed E-state index contributed by atoms with van der Waals surface area (Å²) in [5, 5.41) is 11.8. The molecule has 0 amide bonds. The van der Waals surface area contributed by atoms with Crippen molar-refractivity contribution in [3.63, 3.8) is 0 Å². The molecule has 0 bridgehead atoms. The van der Waals surface area contributed by atoms with Gasteiger partial charge in [0.2, 0.25) is 0 Å². The number of para-hydroxylation sites is 1. The zero-order valence-electron chi connectivity index (χ0n) is 34.7. The van der Waals surface area contributed by atoms with Crippen molar-refractivity contribution in [3.8, 4) is 22.3 Å². The van der Waals surface area contributed by atoms with Gasteiger partial charge in [0.1, 0.15) is 11.2 Å². The van der Waals surface area contributed by atoms with E-state index in [4.69, 9.17) is 4.42 Å². The Labute approximate surface area is 386 Å². The van der Waals surface area contributed by atoms with Crippen LogP contribution in [0.4, 0.5) is 34.1 Å². The van der Waals surface area contributed by atoms with Gasteiger partial charge in [0.05, 0.1) is 28.1 Å². The van der Waals surface area contributed by atoms with Gasteiger partial charge in [0.15, 0.2) is 0 Å². The first-order valence-electron chi connectivity index (χ1n) is 22.0. The Morgan fingerprint density at radius 1 is 0.369 bits per heavy atom. The predicted octanol–water partition coefficient (Wildman–Crippen LogP) is 15.8. The Balaban J connectivity index is 1.13. The quantitative estimate of drug-likeness (QED) is 0.164. The third-order valence-corrected chi connectivity index (χ3v) is 16.7. The van der Waals surface area contributed by atoms with Crippen molar-refractivity contribution in [2.75, 3.05) is 9.80 Å². The summed E-state index contributed by atoms with van der Waals surface area (Å²) in [6.45, 7) is -0.0741. The molecule has 2 aliphatic heterocycles. The van der Waals surface area contributed by atoms with Crippen LogP contribution in [0.3, 0.4) is 0 Å². The molecule has 0 saturated heterocycles. The van der Waals surface area contributed by atoms with Crippen LogP contribution in [0.2, 0.25) is 0 Å². The molecule has 0 spiro atoms. The van der Waals surface area contributed by atoms with E-state index >= 15 is 0 Å². The van der Waals surface area contributed by atoms with Crippen molar-refractivity contribution in [2.24, 2.45) is 0 Å². The van der Waals surface area contributed by atoms with Gasteiger partial charge in [-0.05, 0) is 111 Å². The maximum atomic E-state index is 6.76. The van der Waals surface area contributed by atoms with E-state index in [1.165, 1.54) is 107 Å². The molecule has 0 radical (unpaired) electrons. The summed E-state index contributed by atoms with van der Waals surface area (Å²) in [5.41, 5.74) is 17.6. The van der Waals surface area contributed by atoms with Gasteiger partial charge < -0.3 is 14.2 Å². The van der Waals surface area contributed by atoms with Gasteiger partial charge in [-0.15, -0.1) is 34.0 Å². The highest BCUT2D eigenvalue weighted by molar-refractivity contribution is 7.26. The fraction of sp³-hybridized carbons (Fsp3) is 0. The van der Waals surface area contributed by atoms with E-state index in [9.17, 15) is 0 Å². The van der Waals surface area contributed by atoms with Crippen LogP contribution in [0.25, 0.3) is 84.5 Å². The summed E-state index contributed by atoms with van der Waals surface area (Å²) < 4.78 is 11.9. The van der Waals surface area contributed by atoms with Gasteiger partial charge in [0, 0.05) is 68.2 Å². The standard InChI is InChI=1S/C58H33BN2OS3/c1-3-12-34(13-4-1)52-38-30-32-63-48(38)28-24-42(52)60-44-18-11-19-45-56(44)59(40-22-26-47-54(57(40)60)36-16-7-9-20-46(36)62-47)41-23-27-51-55(37-17-8-10-21-50(37)65-51)58(41)61(45)43-25-29-49-39(31-33-64-49)53(43)35-14-5-2-6-15-35/h1-33H. The Bertz CT molecular complexity index is 3850. The zero-order chi connectivity index (χ0) is 42.3. The third-order valence-electron chi connectivity index (χ3n) is 13.8. The molecule has 302 valence electrons. The molecule has 4 aromatic heterocycles. The van der Waals surface area contributed by atoms with Crippen molar-refractivity contribution in [1.82, 2.24) is 0 Å². The lowest BCUT2D eigenvalue weighted by Gasteiger charge is -2.45. The molecule has 0 saturated carbocycles. The molecular weight excluding hydrogens is 848 g/mol. The lowest BCUT2D eigenvalue weighted by atomic mass is 9.33. The Morgan fingerprint density at radius 3 is 1.58 bits per heavy atom. The van der Waals surface area contributed by atoms with Crippen LogP contribution in [-0.4, -0.2) is 6.71 Å². The lowest BCUT2D eigenvalue weighted by Crippen LogP contribution is -2.61. The van der Waals surface area contributed by atoms with Crippen molar-refractivity contribution in [2.45, 2.75) is 0 Å². The molecule has 0 atom stereocenters. The molecule has 2 aliphatic rings. The molecular formula is C58H33BN2OS3. The second kappa shape index (κ2) is 13.6. The highest BCUT2D eigenvalue weighted by Crippen LogP contribution is 2.54. The summed E-state index contributed by atoms with van der Waals surface area (Å²) in [4.78, 5) is 5.23. The Morgan fingerprint density at radius 2 is 0.923 bits per heavy atom. The number of hydrogen-bond donors (Lipinski definition) is 0. The predicted molar refractivity (Wildman–Crippen MR) is 282 cm³/mol. The molecule has 65 heavy (non-hydrogen) atoms. The minimum atomic E-state index is -0.0741. The van der Waals surface area contributed by atoms with Gasteiger partial charge in [-0.1, -0.05) is 115 Å². The van der Waals surface area contributed by atoms with E-state index in [1.807, 2.05) is 11.3 Å². The summed E-state index contributed by atoms with van der Waals surface area (Å²) in [6.07, 6.45) is 0. The van der Waals surface area contributed by atoms with Gasteiger partial charge in [0.25, 0.3) is 6.71 Å². The molecule has 15 rings (SSSR count). The fourth-order valence-corrected chi connectivity index (χ4v) is 14.0. The van der Waals surface area contributed by atoms with Gasteiger partial charge in [-0.25, -0.2) is 0 Å². The maximum absolute atomic E-state index is 6.76. The maximum Gasteiger partial charge on any atom is 0.252 e. The Kier molecular flexibility index (Phi) is 7.50. The summed E-state index contributed by atoms with van der Waals surface area (Å²) in [5.74, 6) is 0. The number of furan rings is 1. The first-order valence-corrected chi connectivity index (χ1v) is 24.6. The van der Waals surface area contributed by atoms with Gasteiger partial charge in [-0.3, -0.25) is 0 Å². The number of nitrogens with zero attached hydrogens (tertiary/aromatic N) is 2. The Hall–Kier alpha value is -7.42. The number of thiophene rings is 3. The topological polar surface area (TPSA) is 19.6 Å². The molecule has 9 aromatic carbocycles. The summed E-state index contributed by atoms with van der Waals surface area (Å²) in [7, 11) is 0. The van der Waals surface area contributed by atoms with Crippen LogP contribution in [0.5, 0.6) is 0 Å². The summed E-state index contributed by atoms with van der Waals surface area (Å²) in [6, 6.07) is 70.0. The first-order chi connectivity index (χ1) is 32.3. The fourth-order valence-electron chi connectivity index (χ4n) is 11.3. The second-order valence-corrected chi connectivity index (χ2v) is 20.1. The monoisotopic (exact) mass is 880 g/mol. The SMILES string of the molecule is c1ccc(-c2c(N3c4cccc5c4B(c4ccc6oc7ccccc7c6c43)c3ccc4sc6ccccc6c4c3N5c3ccc4sccc4c3-c3ccccc3)ccc3sccc23)cc1. The van der Waals surface area contributed by atoms with Crippen LogP contribution in [0.1, 0.15) is 0 Å². The van der Waals surface area contributed by atoms with Crippen molar-refractivity contribution < 1.29 is 4.42 Å². The number of fused-ring (bicyclic) bond motifs is 14. The summed E-state index contributed by atoms with van der Waals surface area (Å²) >= 11 is 5.49. The molecule has 6 heterocycles. The molecule has 0 unspecified atom stereocenters. The van der Waals surface area contributed by atoms with E-state index in [2.05, 4.69) is 209 Å². The highest BCUT2D eigenvalue weighted by atomic mass is 32.1. The van der Waals surface area contributed by atoms with Crippen LogP contribution < -0.4 is 26.2 Å². The average molecular weight is 881 g/mol. The molecule has 7 heteroatoms. The number of benzene rings is 9. The normalized spacial score (nSPS) is 13.1. The van der Waals surface area contributed by atoms with Gasteiger partial charge >= 0.3 is 0 Å². The minimum absolute atomic E-state index is 0.0741. The zero-order valence-corrected chi connectivity index (χ0v) is 37.1. The molecule has 0 N–H and O–H groups in total. The van der Waals surface area contributed by atoms with Crippen molar-refractivity contribution in [1.29, 1.82) is 0 Å². The average Bonchev–Trinajstić information content (AvgIpc) is 4.19. The van der Waals surface area contributed by atoms with E-state index < -0.39 is 0 Å². The van der Waals surface area contributed by atoms with E-state index in [-0.39, 0.29) is 6.71 Å².